The van der Waals surface area contributed by atoms with Gasteiger partial charge in [0, 0.05) is 24.1 Å². The molecule has 5 rings (SSSR count). The second-order valence-corrected chi connectivity index (χ2v) is 11.3. The molecule has 0 unspecified atom stereocenters. The number of fused-ring (bicyclic) bond motifs is 3. The summed E-state index contributed by atoms with van der Waals surface area (Å²) in [6, 6.07) is 34.1. The molecule has 1 heterocycles. The molecule has 138 valence electrons. The van der Waals surface area contributed by atoms with E-state index in [1.807, 2.05) is 0 Å². The molecule has 0 aromatic heterocycles. The van der Waals surface area contributed by atoms with Crippen LogP contribution in [0.2, 0.25) is 0 Å². The Morgan fingerprint density at radius 2 is 1.11 bits per heavy atom. The summed E-state index contributed by atoms with van der Waals surface area (Å²) in [7, 11) is -1.51. The van der Waals surface area contributed by atoms with Crippen LogP contribution in [0.1, 0.15) is 11.1 Å². The molecule has 0 atom stereocenters. The lowest BCUT2D eigenvalue weighted by Crippen LogP contribution is -2.02. The number of halogens is 1. The third kappa shape index (κ3) is 2.52. The van der Waals surface area contributed by atoms with Crippen LogP contribution in [0.3, 0.4) is 0 Å². The molecule has 4 aromatic carbocycles. The van der Waals surface area contributed by atoms with Gasteiger partial charge in [0.1, 0.15) is 0 Å². The molecular formula is C26H21BrS. The van der Waals surface area contributed by atoms with Gasteiger partial charge in [-0.25, -0.2) is 0 Å². The van der Waals surface area contributed by atoms with Gasteiger partial charge < -0.3 is 0 Å². The average molecular weight is 445 g/mol. The first-order valence-corrected chi connectivity index (χ1v) is 11.9. The van der Waals surface area contributed by atoms with E-state index in [0.717, 1.165) is 4.47 Å². The van der Waals surface area contributed by atoms with Crippen molar-refractivity contribution in [3.05, 3.63) is 107 Å². The zero-order valence-corrected chi connectivity index (χ0v) is 18.3. The van der Waals surface area contributed by atoms with Gasteiger partial charge in [-0.2, -0.15) is 0 Å². The molecule has 28 heavy (non-hydrogen) atoms. The highest BCUT2D eigenvalue weighted by Gasteiger charge is 2.41. The summed E-state index contributed by atoms with van der Waals surface area (Å²) in [6.45, 7) is 4.32. The molecule has 1 aliphatic rings. The number of benzene rings is 4. The highest BCUT2D eigenvalue weighted by atomic mass is 79.9. The highest BCUT2D eigenvalue weighted by molar-refractivity contribution is 9.10. The van der Waals surface area contributed by atoms with Crippen LogP contribution in [0, 0.1) is 13.8 Å². The molecule has 0 spiro atoms. The van der Waals surface area contributed by atoms with E-state index in [9.17, 15) is 0 Å². The van der Waals surface area contributed by atoms with Gasteiger partial charge in [0.25, 0.3) is 0 Å². The van der Waals surface area contributed by atoms with Gasteiger partial charge in [-0.1, -0.05) is 69.5 Å². The van der Waals surface area contributed by atoms with Crippen LogP contribution < -0.4 is 0 Å². The van der Waals surface area contributed by atoms with Gasteiger partial charge in [0.15, 0.2) is 0 Å². The SMILES string of the molecule is Cc1ccc(S2(c3ccc(C)cc3)c3ccccc3-c3cc(Br)ccc32)cc1. The zero-order valence-electron chi connectivity index (χ0n) is 15.9. The summed E-state index contributed by atoms with van der Waals surface area (Å²) in [4.78, 5) is 5.67. The minimum atomic E-state index is -1.51. The molecule has 4 aromatic rings. The Kier molecular flexibility index (Phi) is 4.22. The van der Waals surface area contributed by atoms with Gasteiger partial charge >= 0.3 is 0 Å². The third-order valence-corrected chi connectivity index (χ3v) is 10.0. The van der Waals surface area contributed by atoms with Crippen LogP contribution >= 0.6 is 26.0 Å². The van der Waals surface area contributed by atoms with E-state index >= 15 is 0 Å². The van der Waals surface area contributed by atoms with E-state index in [4.69, 9.17) is 0 Å². The molecule has 2 heteroatoms. The summed E-state index contributed by atoms with van der Waals surface area (Å²) < 4.78 is 1.13. The van der Waals surface area contributed by atoms with Gasteiger partial charge in [0.05, 0.1) is 0 Å². The molecule has 0 nitrogen and oxygen atoms in total. The average Bonchev–Trinajstić information content (AvgIpc) is 3.00. The molecular weight excluding hydrogens is 424 g/mol. The van der Waals surface area contributed by atoms with E-state index < -0.39 is 10.0 Å². The van der Waals surface area contributed by atoms with Crippen molar-refractivity contribution < 1.29 is 0 Å². The molecule has 0 fully saturated rings. The smallest absolute Gasteiger partial charge is 0.0182 e. The van der Waals surface area contributed by atoms with Crippen LogP contribution in [0.15, 0.2) is 115 Å². The van der Waals surface area contributed by atoms with Crippen LogP contribution in [0.5, 0.6) is 0 Å². The predicted molar refractivity (Wildman–Crippen MR) is 123 cm³/mol. The summed E-state index contributed by atoms with van der Waals surface area (Å²) in [5, 5.41) is 0. The van der Waals surface area contributed by atoms with E-state index in [0.29, 0.717) is 0 Å². The predicted octanol–water partition coefficient (Wildman–Crippen LogP) is 8.39. The maximum absolute atomic E-state index is 3.70. The Balaban J connectivity index is 1.95. The normalized spacial score (nSPS) is 15.0. The summed E-state index contributed by atoms with van der Waals surface area (Å²) in [5.41, 5.74) is 5.30. The van der Waals surface area contributed by atoms with Crippen LogP contribution in [0.25, 0.3) is 11.1 Å². The monoisotopic (exact) mass is 444 g/mol. The second kappa shape index (κ2) is 6.65. The molecule has 1 aliphatic heterocycles. The van der Waals surface area contributed by atoms with E-state index in [-0.39, 0.29) is 0 Å². The first-order valence-electron chi connectivity index (χ1n) is 9.46. The van der Waals surface area contributed by atoms with Crippen molar-refractivity contribution in [3.63, 3.8) is 0 Å². The number of hydrogen-bond donors (Lipinski definition) is 0. The summed E-state index contributed by atoms with van der Waals surface area (Å²) in [5.74, 6) is 0. The second-order valence-electron chi connectivity index (χ2n) is 7.38. The van der Waals surface area contributed by atoms with Crippen molar-refractivity contribution in [3.8, 4) is 11.1 Å². The van der Waals surface area contributed by atoms with Crippen molar-refractivity contribution in [2.45, 2.75) is 33.4 Å². The Hall–Kier alpha value is -2.29. The lowest BCUT2D eigenvalue weighted by atomic mass is 10.1. The van der Waals surface area contributed by atoms with Crippen molar-refractivity contribution >= 4 is 26.0 Å². The zero-order chi connectivity index (χ0) is 19.3. The first kappa shape index (κ1) is 17.8. The quantitative estimate of drug-likeness (QED) is 0.256. The number of rotatable bonds is 2. The summed E-state index contributed by atoms with van der Waals surface area (Å²) >= 11 is 3.70. The minimum absolute atomic E-state index is 1.13. The van der Waals surface area contributed by atoms with Gasteiger partial charge in [0.2, 0.25) is 0 Å². The fourth-order valence-corrected chi connectivity index (χ4v) is 8.72. The van der Waals surface area contributed by atoms with E-state index in [1.54, 1.807) is 0 Å². The summed E-state index contributed by atoms with van der Waals surface area (Å²) in [6.07, 6.45) is 0. The topological polar surface area (TPSA) is 0 Å². The largest absolute Gasteiger partial charge is 0.132 e. The van der Waals surface area contributed by atoms with Gasteiger partial charge in [-0.15, -0.1) is 10.0 Å². The van der Waals surface area contributed by atoms with Crippen molar-refractivity contribution in [2.24, 2.45) is 0 Å². The van der Waals surface area contributed by atoms with Gasteiger partial charge in [-0.05, 0) is 73.5 Å². The minimum Gasteiger partial charge on any atom is -0.132 e. The van der Waals surface area contributed by atoms with Crippen LogP contribution in [-0.2, 0) is 0 Å². The maximum atomic E-state index is 3.70. The molecule has 0 radical (unpaired) electrons. The maximum Gasteiger partial charge on any atom is 0.0182 e. The molecule has 0 bridgehead atoms. The fourth-order valence-electron chi connectivity index (χ4n) is 4.18. The highest BCUT2D eigenvalue weighted by Crippen LogP contribution is 2.79. The molecule has 0 N–H and O–H groups in total. The standard InChI is InChI=1S/C26H21BrS/c1-18-7-12-21(13-8-18)28(22-14-9-19(2)10-15-22)25-6-4-3-5-23(25)24-17-20(27)11-16-26(24)28/h3-17H,1-2H3. The lowest BCUT2D eigenvalue weighted by Gasteiger charge is -2.39. The third-order valence-electron chi connectivity index (χ3n) is 5.53. The molecule has 0 saturated heterocycles. The molecule has 0 saturated carbocycles. The Bertz CT molecular complexity index is 1130. The first-order chi connectivity index (χ1) is 13.6. The number of hydrogen-bond acceptors (Lipinski definition) is 0. The van der Waals surface area contributed by atoms with Crippen molar-refractivity contribution in [2.75, 3.05) is 0 Å². The fraction of sp³-hybridized carbons (Fsp3) is 0.0769. The van der Waals surface area contributed by atoms with Crippen molar-refractivity contribution in [1.82, 2.24) is 0 Å². The Morgan fingerprint density at radius 3 is 1.71 bits per heavy atom. The van der Waals surface area contributed by atoms with Gasteiger partial charge in [-0.3, -0.25) is 0 Å². The lowest BCUT2D eigenvalue weighted by molar-refractivity contribution is 1.26. The Morgan fingerprint density at radius 1 is 0.571 bits per heavy atom. The van der Waals surface area contributed by atoms with E-state index in [1.165, 1.54) is 41.8 Å². The number of aryl methyl sites for hydroxylation is 2. The van der Waals surface area contributed by atoms with E-state index in [2.05, 4.69) is 121 Å². The van der Waals surface area contributed by atoms with Crippen LogP contribution in [0.4, 0.5) is 0 Å². The van der Waals surface area contributed by atoms with Crippen LogP contribution in [-0.4, -0.2) is 0 Å². The molecule has 0 aliphatic carbocycles. The Labute approximate surface area is 176 Å². The molecule has 0 amide bonds. The van der Waals surface area contributed by atoms with Crippen molar-refractivity contribution in [1.29, 1.82) is 0 Å².